The molecule has 0 radical (unpaired) electrons. The summed E-state index contributed by atoms with van der Waals surface area (Å²) in [6, 6.07) is 6.36. The van der Waals surface area contributed by atoms with E-state index in [4.69, 9.17) is 4.74 Å². The van der Waals surface area contributed by atoms with E-state index in [-0.39, 0.29) is 5.91 Å². The highest BCUT2D eigenvalue weighted by molar-refractivity contribution is 5.88. The van der Waals surface area contributed by atoms with Crippen LogP contribution in [0.5, 0.6) is 5.75 Å². The predicted octanol–water partition coefficient (Wildman–Crippen LogP) is 1.79. The van der Waals surface area contributed by atoms with Crippen LogP contribution in [-0.2, 0) is 9.53 Å². The van der Waals surface area contributed by atoms with Gasteiger partial charge in [0.15, 0.2) is 0 Å². The maximum absolute atomic E-state index is 10.7. The minimum atomic E-state index is -0.776. The Morgan fingerprint density at radius 1 is 1.20 bits per heavy atom. The first-order valence-corrected chi connectivity index (χ1v) is 4.25. The number of benzene rings is 1. The second-order valence-corrected chi connectivity index (χ2v) is 2.76. The topological polar surface area (TPSA) is 64.6 Å². The van der Waals surface area contributed by atoms with E-state index in [1.165, 1.54) is 14.0 Å². The molecule has 0 unspecified atom stereocenters. The molecule has 0 heterocycles. The number of methoxy groups -OCH3 is 1. The third kappa shape index (κ3) is 3.68. The first kappa shape index (κ1) is 11.0. The van der Waals surface area contributed by atoms with Crippen LogP contribution in [0.25, 0.3) is 0 Å². The molecular formula is C10H11NO4. The van der Waals surface area contributed by atoms with Crippen molar-refractivity contribution in [1.29, 1.82) is 0 Å². The van der Waals surface area contributed by atoms with Gasteiger partial charge >= 0.3 is 6.16 Å². The van der Waals surface area contributed by atoms with Crippen LogP contribution in [0.3, 0.4) is 0 Å². The van der Waals surface area contributed by atoms with Gasteiger partial charge in [0, 0.05) is 12.6 Å². The van der Waals surface area contributed by atoms with Gasteiger partial charge < -0.3 is 14.8 Å². The number of ether oxygens (including phenoxy) is 2. The molecule has 0 aromatic heterocycles. The van der Waals surface area contributed by atoms with E-state index in [0.717, 1.165) is 0 Å². The van der Waals surface area contributed by atoms with Gasteiger partial charge in [-0.25, -0.2) is 4.79 Å². The molecule has 0 aliphatic carbocycles. The first-order chi connectivity index (χ1) is 7.11. The average molecular weight is 209 g/mol. The van der Waals surface area contributed by atoms with Crippen molar-refractivity contribution >= 4 is 17.7 Å². The molecule has 1 N–H and O–H groups in total. The van der Waals surface area contributed by atoms with Gasteiger partial charge in [0.2, 0.25) is 5.91 Å². The van der Waals surface area contributed by atoms with Crippen molar-refractivity contribution < 1.29 is 19.1 Å². The molecule has 1 rings (SSSR count). The van der Waals surface area contributed by atoms with Crippen LogP contribution in [-0.4, -0.2) is 19.2 Å². The molecule has 0 fully saturated rings. The summed E-state index contributed by atoms with van der Waals surface area (Å²) < 4.78 is 9.07. The zero-order valence-corrected chi connectivity index (χ0v) is 8.44. The van der Waals surface area contributed by atoms with Crippen molar-refractivity contribution in [3.63, 3.8) is 0 Å². The van der Waals surface area contributed by atoms with Crippen molar-refractivity contribution in [2.75, 3.05) is 12.4 Å². The minimum Gasteiger partial charge on any atom is -0.437 e. The Labute approximate surface area is 87.0 Å². The van der Waals surface area contributed by atoms with Gasteiger partial charge in [0.1, 0.15) is 5.75 Å². The number of hydrogen-bond donors (Lipinski definition) is 1. The van der Waals surface area contributed by atoms with Crippen LogP contribution in [0.15, 0.2) is 24.3 Å². The second kappa shape index (κ2) is 4.99. The molecule has 1 amide bonds. The highest BCUT2D eigenvalue weighted by atomic mass is 16.7. The maximum atomic E-state index is 10.7. The highest BCUT2D eigenvalue weighted by Gasteiger charge is 2.03. The number of nitrogens with one attached hydrogen (secondary N) is 1. The SMILES string of the molecule is COC(=O)Oc1ccc(NC(C)=O)cc1. The molecule has 0 bridgehead atoms. The smallest absolute Gasteiger partial charge is 0.437 e. The minimum absolute atomic E-state index is 0.156. The summed E-state index contributed by atoms with van der Waals surface area (Å²) >= 11 is 0. The van der Waals surface area contributed by atoms with Crippen molar-refractivity contribution in [2.24, 2.45) is 0 Å². The van der Waals surface area contributed by atoms with Crippen LogP contribution in [0.4, 0.5) is 10.5 Å². The van der Waals surface area contributed by atoms with Gasteiger partial charge in [-0.15, -0.1) is 0 Å². The molecule has 1 aromatic carbocycles. The molecule has 80 valence electrons. The molecule has 5 heteroatoms. The fourth-order valence-corrected chi connectivity index (χ4v) is 0.947. The number of rotatable bonds is 2. The number of hydrogen-bond acceptors (Lipinski definition) is 4. The van der Waals surface area contributed by atoms with Gasteiger partial charge in [0.05, 0.1) is 7.11 Å². The summed E-state index contributed by atoms with van der Waals surface area (Å²) in [7, 11) is 1.23. The van der Waals surface area contributed by atoms with Gasteiger partial charge in [-0.05, 0) is 24.3 Å². The largest absolute Gasteiger partial charge is 0.513 e. The normalized spacial score (nSPS) is 9.20. The van der Waals surface area contributed by atoms with Crippen LogP contribution in [0, 0.1) is 0 Å². The lowest BCUT2D eigenvalue weighted by molar-refractivity contribution is -0.114. The molecule has 15 heavy (non-hydrogen) atoms. The number of anilines is 1. The zero-order chi connectivity index (χ0) is 11.3. The number of amides is 1. The van der Waals surface area contributed by atoms with E-state index in [1.54, 1.807) is 24.3 Å². The number of carbonyl (C=O) groups excluding carboxylic acids is 2. The predicted molar refractivity (Wildman–Crippen MR) is 53.8 cm³/mol. The summed E-state index contributed by atoms with van der Waals surface area (Å²) in [5.74, 6) is 0.201. The van der Waals surface area contributed by atoms with Gasteiger partial charge in [-0.2, -0.15) is 0 Å². The molecule has 5 nitrogen and oxygen atoms in total. The van der Waals surface area contributed by atoms with Crippen molar-refractivity contribution in [2.45, 2.75) is 6.92 Å². The molecule has 1 aromatic rings. The van der Waals surface area contributed by atoms with E-state index in [2.05, 4.69) is 10.1 Å². The van der Waals surface area contributed by atoms with E-state index in [1.807, 2.05) is 0 Å². The third-order valence-corrected chi connectivity index (χ3v) is 1.54. The van der Waals surface area contributed by atoms with Crippen molar-refractivity contribution in [3.8, 4) is 5.75 Å². The second-order valence-electron chi connectivity index (χ2n) is 2.76. The van der Waals surface area contributed by atoms with Gasteiger partial charge in [-0.1, -0.05) is 0 Å². The molecule has 0 spiro atoms. The lowest BCUT2D eigenvalue weighted by Crippen LogP contribution is -2.08. The lowest BCUT2D eigenvalue weighted by Gasteiger charge is -2.04. The van der Waals surface area contributed by atoms with E-state index in [0.29, 0.717) is 11.4 Å². The third-order valence-electron chi connectivity index (χ3n) is 1.54. The molecule has 0 atom stereocenters. The summed E-state index contributed by atoms with van der Waals surface area (Å²) in [5, 5.41) is 2.59. The van der Waals surface area contributed by atoms with Crippen LogP contribution < -0.4 is 10.1 Å². The summed E-state index contributed by atoms with van der Waals surface area (Å²) in [4.78, 5) is 21.4. The Kier molecular flexibility index (Phi) is 3.68. The quantitative estimate of drug-likeness (QED) is 0.595. The zero-order valence-electron chi connectivity index (χ0n) is 8.44. The van der Waals surface area contributed by atoms with Crippen molar-refractivity contribution in [1.82, 2.24) is 0 Å². The van der Waals surface area contributed by atoms with E-state index in [9.17, 15) is 9.59 Å². The van der Waals surface area contributed by atoms with Crippen molar-refractivity contribution in [3.05, 3.63) is 24.3 Å². The van der Waals surface area contributed by atoms with Crippen LogP contribution in [0.2, 0.25) is 0 Å². The summed E-state index contributed by atoms with van der Waals surface area (Å²) in [6.07, 6.45) is -0.776. The Bertz CT molecular complexity index is 358. The monoisotopic (exact) mass is 209 g/mol. The van der Waals surface area contributed by atoms with Crippen LogP contribution >= 0.6 is 0 Å². The molecular weight excluding hydrogens is 198 g/mol. The average Bonchev–Trinajstić information content (AvgIpc) is 2.20. The fourth-order valence-electron chi connectivity index (χ4n) is 0.947. The summed E-state index contributed by atoms with van der Waals surface area (Å²) in [5.41, 5.74) is 0.639. The Morgan fingerprint density at radius 2 is 1.80 bits per heavy atom. The number of carbonyl (C=O) groups is 2. The van der Waals surface area contributed by atoms with Gasteiger partial charge in [-0.3, -0.25) is 4.79 Å². The summed E-state index contributed by atoms with van der Waals surface area (Å²) in [6.45, 7) is 1.42. The van der Waals surface area contributed by atoms with E-state index >= 15 is 0 Å². The fraction of sp³-hybridized carbons (Fsp3) is 0.200. The van der Waals surface area contributed by atoms with Gasteiger partial charge in [0.25, 0.3) is 0 Å². The molecule has 0 aliphatic rings. The Balaban J connectivity index is 2.64. The molecule has 0 saturated heterocycles. The molecule has 0 saturated carbocycles. The van der Waals surface area contributed by atoms with E-state index < -0.39 is 6.16 Å². The first-order valence-electron chi connectivity index (χ1n) is 4.25. The Morgan fingerprint density at radius 3 is 2.27 bits per heavy atom. The molecule has 0 aliphatic heterocycles. The standard InChI is InChI=1S/C10H11NO4/c1-7(12)11-8-3-5-9(6-4-8)15-10(13)14-2/h3-6H,1-2H3,(H,11,12). The Hall–Kier alpha value is -2.04. The maximum Gasteiger partial charge on any atom is 0.513 e. The lowest BCUT2D eigenvalue weighted by atomic mass is 10.3. The highest BCUT2D eigenvalue weighted by Crippen LogP contribution is 2.15. The van der Waals surface area contributed by atoms with Crippen LogP contribution in [0.1, 0.15) is 6.92 Å².